The number of hydrogen-bond acceptors (Lipinski definition) is 3. The van der Waals surface area contributed by atoms with E-state index in [-0.39, 0.29) is 6.54 Å². The van der Waals surface area contributed by atoms with Crippen LogP contribution in [0.2, 0.25) is 0 Å². The minimum absolute atomic E-state index is 0.114. The largest absolute Gasteiger partial charge is 0.480 e. The fourth-order valence-corrected chi connectivity index (χ4v) is 1.74. The molecule has 0 aliphatic rings. The van der Waals surface area contributed by atoms with Crippen LogP contribution in [0.4, 0.5) is 0 Å². The van der Waals surface area contributed by atoms with Crippen molar-refractivity contribution in [2.45, 2.75) is 6.54 Å². The Morgan fingerprint density at radius 2 is 2.35 bits per heavy atom. The van der Waals surface area contributed by atoms with Gasteiger partial charge in [-0.2, -0.15) is 5.26 Å². The number of rotatable bonds is 4. The molecule has 0 spiro atoms. The van der Waals surface area contributed by atoms with Crippen molar-refractivity contribution in [3.63, 3.8) is 0 Å². The molecule has 0 unspecified atom stereocenters. The monoisotopic (exact) mass is 229 g/mol. The van der Waals surface area contributed by atoms with E-state index in [1.54, 1.807) is 0 Å². The van der Waals surface area contributed by atoms with E-state index in [1.807, 2.05) is 35.0 Å². The molecule has 0 aliphatic carbocycles. The van der Waals surface area contributed by atoms with Crippen molar-refractivity contribution in [1.29, 1.82) is 5.26 Å². The Morgan fingerprint density at radius 3 is 3.06 bits per heavy atom. The predicted octanol–water partition coefficient (Wildman–Crippen LogP) is 0.985. The van der Waals surface area contributed by atoms with Crippen LogP contribution in [0.1, 0.15) is 11.1 Å². The average molecular weight is 229 g/mol. The molecule has 0 bridgehead atoms. The molecule has 0 saturated heterocycles. The second-order valence-corrected chi connectivity index (χ2v) is 3.63. The van der Waals surface area contributed by atoms with Gasteiger partial charge in [0.1, 0.15) is 6.07 Å². The summed E-state index contributed by atoms with van der Waals surface area (Å²) in [7, 11) is 0. The number of aliphatic carboxylic acids is 1. The number of carboxylic acids is 1. The molecule has 2 aromatic rings. The van der Waals surface area contributed by atoms with Crippen LogP contribution in [0.5, 0.6) is 0 Å². The Kier molecular flexibility index (Phi) is 3.08. The Labute approximate surface area is 97.9 Å². The summed E-state index contributed by atoms with van der Waals surface area (Å²) in [5.41, 5.74) is 2.23. The molecule has 2 N–H and O–H groups in total. The minimum Gasteiger partial charge on any atom is -0.480 e. The van der Waals surface area contributed by atoms with Gasteiger partial charge in [-0.25, -0.2) is 0 Å². The molecular weight excluding hydrogens is 218 g/mol. The molecule has 0 atom stereocenters. The van der Waals surface area contributed by atoms with E-state index in [0.29, 0.717) is 12.1 Å². The minimum atomic E-state index is -0.910. The SMILES string of the molecule is N#Cc1c(CNCC(=O)O)cn2ccccc12. The van der Waals surface area contributed by atoms with Gasteiger partial charge in [-0.15, -0.1) is 0 Å². The lowest BCUT2D eigenvalue weighted by atomic mass is 10.2. The zero-order valence-corrected chi connectivity index (χ0v) is 9.05. The maximum atomic E-state index is 10.4. The number of fused-ring (bicyclic) bond motifs is 1. The smallest absolute Gasteiger partial charge is 0.317 e. The van der Waals surface area contributed by atoms with Crippen molar-refractivity contribution in [3.05, 3.63) is 41.7 Å². The number of carboxylic acid groups (broad SMARTS) is 1. The van der Waals surface area contributed by atoms with Gasteiger partial charge in [0, 0.05) is 24.5 Å². The molecule has 0 aliphatic heterocycles. The highest BCUT2D eigenvalue weighted by Gasteiger charge is 2.09. The lowest BCUT2D eigenvalue weighted by molar-refractivity contribution is -0.135. The Bertz CT molecular complexity index is 595. The van der Waals surface area contributed by atoms with Crippen molar-refractivity contribution >= 4 is 11.5 Å². The molecule has 0 radical (unpaired) electrons. The van der Waals surface area contributed by atoms with E-state index < -0.39 is 5.97 Å². The van der Waals surface area contributed by atoms with Crippen LogP contribution in [0.25, 0.3) is 5.52 Å². The third-order valence-electron chi connectivity index (χ3n) is 2.47. The molecule has 5 heteroatoms. The molecule has 0 saturated carbocycles. The summed E-state index contributed by atoms with van der Waals surface area (Å²) in [5.74, 6) is -0.910. The normalized spacial score (nSPS) is 10.3. The zero-order chi connectivity index (χ0) is 12.3. The van der Waals surface area contributed by atoms with Gasteiger partial charge in [0.15, 0.2) is 0 Å². The molecule has 5 nitrogen and oxygen atoms in total. The van der Waals surface area contributed by atoms with Crippen LogP contribution >= 0.6 is 0 Å². The second kappa shape index (κ2) is 4.68. The molecule has 0 fully saturated rings. The van der Waals surface area contributed by atoms with E-state index in [1.165, 1.54) is 0 Å². The Hall–Kier alpha value is -2.32. The van der Waals surface area contributed by atoms with Crippen LogP contribution in [-0.2, 0) is 11.3 Å². The van der Waals surface area contributed by atoms with Gasteiger partial charge < -0.3 is 14.8 Å². The van der Waals surface area contributed by atoms with Gasteiger partial charge in [-0.1, -0.05) is 6.07 Å². The van der Waals surface area contributed by atoms with Gasteiger partial charge in [0.2, 0.25) is 0 Å². The molecule has 0 aromatic carbocycles. The quantitative estimate of drug-likeness (QED) is 0.819. The number of nitriles is 1. The highest BCUT2D eigenvalue weighted by Crippen LogP contribution is 2.17. The van der Waals surface area contributed by atoms with Crippen molar-refractivity contribution < 1.29 is 9.90 Å². The van der Waals surface area contributed by atoms with Crippen LogP contribution in [0.3, 0.4) is 0 Å². The summed E-state index contributed by atoms with van der Waals surface area (Å²) in [6.45, 7) is 0.258. The highest BCUT2D eigenvalue weighted by molar-refractivity contribution is 5.69. The molecule has 0 amide bonds. The summed E-state index contributed by atoms with van der Waals surface area (Å²) in [6.07, 6.45) is 3.69. The summed E-state index contributed by atoms with van der Waals surface area (Å²) in [6, 6.07) is 7.75. The summed E-state index contributed by atoms with van der Waals surface area (Å²) < 4.78 is 1.86. The van der Waals surface area contributed by atoms with Gasteiger partial charge in [0.05, 0.1) is 17.6 Å². The first-order valence-corrected chi connectivity index (χ1v) is 5.13. The van der Waals surface area contributed by atoms with Gasteiger partial charge in [0.25, 0.3) is 0 Å². The number of nitrogens with zero attached hydrogens (tertiary/aromatic N) is 2. The van der Waals surface area contributed by atoms with Crippen molar-refractivity contribution in [2.75, 3.05) is 6.54 Å². The molecule has 17 heavy (non-hydrogen) atoms. The summed E-state index contributed by atoms with van der Waals surface area (Å²) >= 11 is 0. The van der Waals surface area contributed by atoms with Crippen LogP contribution in [0, 0.1) is 11.3 Å². The standard InChI is InChI=1S/C12H11N3O2/c13-5-10-9(6-14-7-12(16)17)8-15-4-2-1-3-11(10)15/h1-4,8,14H,6-7H2,(H,16,17). The maximum Gasteiger partial charge on any atom is 0.317 e. The first kappa shape index (κ1) is 11.2. The fourth-order valence-electron chi connectivity index (χ4n) is 1.74. The van der Waals surface area contributed by atoms with Crippen LogP contribution in [-0.4, -0.2) is 22.0 Å². The van der Waals surface area contributed by atoms with Crippen molar-refractivity contribution in [3.8, 4) is 6.07 Å². The van der Waals surface area contributed by atoms with E-state index in [2.05, 4.69) is 11.4 Å². The second-order valence-electron chi connectivity index (χ2n) is 3.63. The number of carbonyl (C=O) groups is 1. The van der Waals surface area contributed by atoms with Crippen molar-refractivity contribution in [1.82, 2.24) is 9.72 Å². The third-order valence-corrected chi connectivity index (χ3v) is 2.47. The molecule has 2 rings (SSSR count). The van der Waals surface area contributed by atoms with Crippen molar-refractivity contribution in [2.24, 2.45) is 0 Å². The zero-order valence-electron chi connectivity index (χ0n) is 9.05. The number of aromatic nitrogens is 1. The molecule has 86 valence electrons. The number of nitrogens with one attached hydrogen (secondary N) is 1. The number of hydrogen-bond donors (Lipinski definition) is 2. The van der Waals surface area contributed by atoms with Gasteiger partial charge in [-0.3, -0.25) is 4.79 Å². The highest BCUT2D eigenvalue weighted by atomic mass is 16.4. The van der Waals surface area contributed by atoms with E-state index in [9.17, 15) is 4.79 Å². The summed E-state index contributed by atoms with van der Waals surface area (Å²) in [5, 5.41) is 20.4. The van der Waals surface area contributed by atoms with E-state index in [0.717, 1.165) is 11.1 Å². The maximum absolute atomic E-state index is 10.4. The van der Waals surface area contributed by atoms with Gasteiger partial charge in [-0.05, 0) is 12.1 Å². The predicted molar refractivity (Wildman–Crippen MR) is 61.5 cm³/mol. The fraction of sp³-hybridized carbons (Fsp3) is 0.167. The first-order chi connectivity index (χ1) is 8.22. The van der Waals surface area contributed by atoms with Crippen LogP contribution < -0.4 is 5.32 Å². The lowest BCUT2D eigenvalue weighted by Gasteiger charge is -1.98. The van der Waals surface area contributed by atoms with Crippen LogP contribution in [0.15, 0.2) is 30.6 Å². The van der Waals surface area contributed by atoms with E-state index in [4.69, 9.17) is 10.4 Å². The molecule has 2 aromatic heterocycles. The topological polar surface area (TPSA) is 77.5 Å². The third kappa shape index (κ3) is 2.27. The Morgan fingerprint density at radius 1 is 1.53 bits per heavy atom. The van der Waals surface area contributed by atoms with E-state index >= 15 is 0 Å². The summed E-state index contributed by atoms with van der Waals surface area (Å²) in [4.78, 5) is 10.4. The molecular formula is C12H11N3O2. The lowest BCUT2D eigenvalue weighted by Crippen LogP contribution is -2.21. The Balaban J connectivity index is 2.28. The van der Waals surface area contributed by atoms with Gasteiger partial charge >= 0.3 is 5.97 Å². The number of pyridine rings is 1. The molecule has 2 heterocycles. The first-order valence-electron chi connectivity index (χ1n) is 5.13. The average Bonchev–Trinajstić information content (AvgIpc) is 2.66.